The fourth-order valence-electron chi connectivity index (χ4n) is 2.67. The zero-order valence-electron chi connectivity index (χ0n) is 12.7. The Kier molecular flexibility index (Phi) is 3.31. The molecule has 3 aromatic heterocycles. The molecule has 0 unspecified atom stereocenters. The summed E-state index contributed by atoms with van der Waals surface area (Å²) in [7, 11) is 0. The van der Waals surface area contributed by atoms with Crippen LogP contribution in [0, 0.1) is 0 Å². The number of benzene rings is 1. The number of pyridine rings is 2. The number of nitrogen functional groups attached to an aromatic ring is 1. The Morgan fingerprint density at radius 1 is 1.04 bits per heavy atom. The van der Waals surface area contributed by atoms with Crippen LogP contribution < -0.4 is 5.73 Å². The van der Waals surface area contributed by atoms with Gasteiger partial charge in [-0.15, -0.1) is 0 Å². The van der Waals surface area contributed by atoms with Crippen LogP contribution in [0.1, 0.15) is 18.9 Å². The van der Waals surface area contributed by atoms with Gasteiger partial charge in [-0.1, -0.05) is 24.3 Å². The third-order valence-corrected chi connectivity index (χ3v) is 3.87. The van der Waals surface area contributed by atoms with Crippen molar-refractivity contribution in [3.8, 4) is 11.4 Å². The molecular weight excluding hydrogens is 300 g/mol. The maximum Gasteiger partial charge on any atom is 0.215 e. The number of H-pyrrole nitrogens is 1. The number of nitrogens with two attached hydrogens (primary N) is 1. The Hall–Kier alpha value is -3.47. The van der Waals surface area contributed by atoms with Crippen molar-refractivity contribution in [3.63, 3.8) is 0 Å². The highest BCUT2D eigenvalue weighted by atomic mass is 16.1. The highest BCUT2D eigenvalue weighted by Crippen LogP contribution is 2.23. The standard InChI is InChI=1S/C19H14N4O.2H2/c20-19-13(6-4-10-21-19)18(24)16-9-3-8-15(23-16)17-11-12-5-1-2-7-14(12)22-17;;/h1-11,22H,(H2,20,21);2*1H. The molecule has 4 aromatic rings. The lowest BCUT2D eigenvalue weighted by Gasteiger charge is -2.04. The second-order valence-electron chi connectivity index (χ2n) is 5.44. The highest BCUT2D eigenvalue weighted by molar-refractivity contribution is 6.10. The predicted molar refractivity (Wildman–Crippen MR) is 97.8 cm³/mol. The SMILES string of the molecule is Nc1ncccc1C(=O)c1cccc(-c2cc3ccccc3[nH]2)n1.[HH].[HH]. The largest absolute Gasteiger partial charge is 0.383 e. The van der Waals surface area contributed by atoms with E-state index in [-0.39, 0.29) is 14.5 Å². The molecule has 1 aromatic carbocycles. The minimum absolute atomic E-state index is 0. The molecule has 0 aliphatic carbocycles. The van der Waals surface area contributed by atoms with Gasteiger partial charge in [0.15, 0.2) is 0 Å². The topological polar surface area (TPSA) is 84.7 Å². The predicted octanol–water partition coefficient (Wildman–Crippen LogP) is 3.93. The summed E-state index contributed by atoms with van der Waals surface area (Å²) in [5.41, 5.74) is 9.10. The Bertz CT molecular complexity index is 1030. The van der Waals surface area contributed by atoms with Crippen molar-refractivity contribution in [1.82, 2.24) is 15.0 Å². The van der Waals surface area contributed by atoms with Gasteiger partial charge in [0, 0.05) is 20.0 Å². The number of aromatic amines is 1. The summed E-state index contributed by atoms with van der Waals surface area (Å²) in [6, 6.07) is 18.7. The Labute approximate surface area is 141 Å². The molecule has 0 bridgehead atoms. The lowest BCUT2D eigenvalue weighted by atomic mass is 10.1. The van der Waals surface area contributed by atoms with Crippen LogP contribution in [0.25, 0.3) is 22.3 Å². The zero-order valence-corrected chi connectivity index (χ0v) is 12.7. The summed E-state index contributed by atoms with van der Waals surface area (Å²) >= 11 is 0. The minimum Gasteiger partial charge on any atom is -0.383 e. The fraction of sp³-hybridized carbons (Fsp3) is 0. The molecule has 0 radical (unpaired) electrons. The molecule has 0 aliphatic heterocycles. The molecule has 0 amide bonds. The van der Waals surface area contributed by atoms with Gasteiger partial charge in [-0.3, -0.25) is 4.79 Å². The van der Waals surface area contributed by atoms with Crippen LogP contribution >= 0.6 is 0 Å². The number of aromatic nitrogens is 3. The minimum atomic E-state index is -0.237. The molecule has 0 atom stereocenters. The molecule has 5 nitrogen and oxygen atoms in total. The average Bonchev–Trinajstić information content (AvgIpc) is 3.06. The molecule has 0 saturated carbocycles. The number of hydrogen-bond acceptors (Lipinski definition) is 4. The van der Waals surface area contributed by atoms with Crippen molar-refractivity contribution >= 4 is 22.5 Å². The molecule has 0 fully saturated rings. The van der Waals surface area contributed by atoms with Crippen molar-refractivity contribution in [1.29, 1.82) is 0 Å². The molecular formula is C19H18N4O. The zero-order chi connectivity index (χ0) is 16.5. The normalized spacial score (nSPS) is 10.8. The summed E-state index contributed by atoms with van der Waals surface area (Å²) < 4.78 is 0. The Morgan fingerprint density at radius 3 is 2.75 bits per heavy atom. The van der Waals surface area contributed by atoms with E-state index in [0.29, 0.717) is 17.0 Å². The summed E-state index contributed by atoms with van der Waals surface area (Å²) in [5, 5.41) is 1.10. The van der Waals surface area contributed by atoms with Crippen molar-refractivity contribution in [3.05, 3.63) is 78.1 Å². The van der Waals surface area contributed by atoms with E-state index < -0.39 is 0 Å². The first kappa shape index (κ1) is 14.1. The third kappa shape index (κ3) is 2.42. The fourth-order valence-corrected chi connectivity index (χ4v) is 2.67. The average molecular weight is 318 g/mol. The van der Waals surface area contributed by atoms with Crippen LogP contribution in [-0.4, -0.2) is 20.7 Å². The van der Waals surface area contributed by atoms with Gasteiger partial charge in [-0.05, 0) is 36.4 Å². The number of carbonyl (C=O) groups excluding carboxylic acids is 1. The van der Waals surface area contributed by atoms with Crippen LogP contribution in [0.3, 0.4) is 0 Å². The number of nitrogens with one attached hydrogen (secondary N) is 1. The maximum atomic E-state index is 12.6. The molecule has 0 spiro atoms. The molecule has 0 saturated heterocycles. The van der Waals surface area contributed by atoms with Crippen molar-refractivity contribution in [2.75, 3.05) is 5.73 Å². The number of ketones is 1. The monoisotopic (exact) mass is 318 g/mol. The van der Waals surface area contributed by atoms with Gasteiger partial charge < -0.3 is 10.7 Å². The van der Waals surface area contributed by atoms with Gasteiger partial charge in [0.2, 0.25) is 5.78 Å². The van der Waals surface area contributed by atoms with E-state index in [1.807, 2.05) is 42.5 Å². The first-order valence-electron chi connectivity index (χ1n) is 7.53. The smallest absolute Gasteiger partial charge is 0.215 e. The van der Waals surface area contributed by atoms with E-state index >= 15 is 0 Å². The quantitative estimate of drug-likeness (QED) is 0.560. The number of nitrogens with zero attached hydrogens (tertiary/aromatic N) is 2. The van der Waals surface area contributed by atoms with E-state index in [2.05, 4.69) is 15.0 Å². The first-order valence-corrected chi connectivity index (χ1v) is 7.53. The van der Waals surface area contributed by atoms with E-state index in [4.69, 9.17) is 5.73 Å². The van der Waals surface area contributed by atoms with E-state index in [9.17, 15) is 4.79 Å². The summed E-state index contributed by atoms with van der Waals surface area (Å²) in [6.45, 7) is 0. The van der Waals surface area contributed by atoms with E-state index in [1.54, 1.807) is 24.4 Å². The molecule has 24 heavy (non-hydrogen) atoms. The first-order chi connectivity index (χ1) is 11.7. The number of hydrogen-bond donors (Lipinski definition) is 2. The number of anilines is 1. The number of para-hydroxylation sites is 1. The summed E-state index contributed by atoms with van der Waals surface area (Å²) in [6.07, 6.45) is 1.56. The van der Waals surface area contributed by atoms with Crippen molar-refractivity contribution in [2.24, 2.45) is 0 Å². The van der Waals surface area contributed by atoms with Gasteiger partial charge in [0.05, 0.1) is 17.0 Å². The van der Waals surface area contributed by atoms with Gasteiger partial charge in [-0.25, -0.2) is 9.97 Å². The number of fused-ring (bicyclic) bond motifs is 1. The van der Waals surface area contributed by atoms with Crippen molar-refractivity contribution < 1.29 is 7.65 Å². The van der Waals surface area contributed by atoms with Gasteiger partial charge >= 0.3 is 0 Å². The summed E-state index contributed by atoms with van der Waals surface area (Å²) in [4.78, 5) is 24.4. The Balaban J connectivity index is 0.00000121. The lowest BCUT2D eigenvalue weighted by Crippen LogP contribution is -2.08. The maximum absolute atomic E-state index is 12.6. The van der Waals surface area contributed by atoms with E-state index in [0.717, 1.165) is 16.6 Å². The second-order valence-corrected chi connectivity index (χ2v) is 5.44. The molecule has 120 valence electrons. The Morgan fingerprint density at radius 2 is 1.92 bits per heavy atom. The number of rotatable bonds is 3. The molecule has 0 aliphatic rings. The van der Waals surface area contributed by atoms with Gasteiger partial charge in [0.1, 0.15) is 11.5 Å². The number of carbonyl (C=O) groups is 1. The summed E-state index contributed by atoms with van der Waals surface area (Å²) in [5.74, 6) is -0.0288. The van der Waals surface area contributed by atoms with Crippen LogP contribution in [0.2, 0.25) is 0 Å². The molecule has 5 heteroatoms. The van der Waals surface area contributed by atoms with E-state index in [1.165, 1.54) is 0 Å². The van der Waals surface area contributed by atoms with Crippen LogP contribution in [0.4, 0.5) is 5.82 Å². The van der Waals surface area contributed by atoms with Crippen molar-refractivity contribution in [2.45, 2.75) is 0 Å². The lowest BCUT2D eigenvalue weighted by molar-refractivity contribution is 0.103. The molecule has 3 heterocycles. The second kappa shape index (κ2) is 5.62. The van der Waals surface area contributed by atoms with Gasteiger partial charge in [0.25, 0.3) is 0 Å². The molecule has 4 rings (SSSR count). The van der Waals surface area contributed by atoms with Crippen LogP contribution in [-0.2, 0) is 0 Å². The van der Waals surface area contributed by atoms with Crippen LogP contribution in [0.5, 0.6) is 0 Å². The van der Waals surface area contributed by atoms with Gasteiger partial charge in [-0.2, -0.15) is 0 Å². The highest BCUT2D eigenvalue weighted by Gasteiger charge is 2.15. The third-order valence-electron chi connectivity index (χ3n) is 3.87. The molecule has 3 N–H and O–H groups in total. The van der Waals surface area contributed by atoms with Crippen LogP contribution in [0.15, 0.2) is 66.9 Å².